The van der Waals surface area contributed by atoms with Crippen LogP contribution >= 0.6 is 0 Å². The molecule has 3 amide bonds. The minimum atomic E-state index is -1.17. The Hall–Kier alpha value is -3.05. The second kappa shape index (κ2) is 14.4. The monoisotopic (exact) mass is 636 g/mol. The molecule has 1 N–H and O–H groups in total. The molecule has 2 unspecified atom stereocenters. The van der Waals surface area contributed by atoms with E-state index in [9.17, 15) is 19.5 Å². The fraction of sp³-hybridized carbons (Fsp3) is 0.639. The molecule has 4 aliphatic heterocycles. The number of carbonyl (C=O) groups is 3. The van der Waals surface area contributed by atoms with E-state index in [-0.39, 0.29) is 30.2 Å². The summed E-state index contributed by atoms with van der Waals surface area (Å²) in [6, 6.07) is 8.23. The van der Waals surface area contributed by atoms with Gasteiger partial charge in [-0.15, -0.1) is 13.2 Å². The number of morpholine rings is 1. The average Bonchev–Trinajstić information content (AvgIpc) is 3.64. The summed E-state index contributed by atoms with van der Waals surface area (Å²) in [6.45, 7) is 18.5. The van der Waals surface area contributed by atoms with Gasteiger partial charge in [0.2, 0.25) is 17.7 Å². The number of ether oxygens (including phenoxy) is 2. The maximum Gasteiger partial charge on any atom is 0.248 e. The second-order valence-electron chi connectivity index (χ2n) is 13.6. The van der Waals surface area contributed by atoms with Gasteiger partial charge in [0.05, 0.1) is 43.3 Å². The van der Waals surface area contributed by atoms with Gasteiger partial charge in [0, 0.05) is 45.8 Å². The summed E-state index contributed by atoms with van der Waals surface area (Å²) >= 11 is 0. The van der Waals surface area contributed by atoms with Crippen molar-refractivity contribution in [3.63, 3.8) is 0 Å². The summed E-state index contributed by atoms with van der Waals surface area (Å²) in [5.41, 5.74) is -1.10. The Labute approximate surface area is 274 Å². The van der Waals surface area contributed by atoms with Gasteiger partial charge in [0.15, 0.2) is 0 Å². The smallest absolute Gasteiger partial charge is 0.248 e. The van der Waals surface area contributed by atoms with Gasteiger partial charge in [0.25, 0.3) is 0 Å². The number of hydrogen-bond donors (Lipinski definition) is 1. The van der Waals surface area contributed by atoms with E-state index in [0.29, 0.717) is 65.2 Å². The molecule has 4 fully saturated rings. The van der Waals surface area contributed by atoms with Crippen LogP contribution in [-0.2, 0) is 30.4 Å². The normalized spacial score (nSPS) is 30.1. The Morgan fingerprint density at radius 3 is 2.39 bits per heavy atom. The maximum atomic E-state index is 14.8. The van der Waals surface area contributed by atoms with E-state index in [0.717, 1.165) is 18.7 Å². The Morgan fingerprint density at radius 1 is 1.09 bits per heavy atom. The van der Waals surface area contributed by atoms with Crippen molar-refractivity contribution in [1.29, 1.82) is 0 Å². The first-order chi connectivity index (χ1) is 22.2. The second-order valence-corrected chi connectivity index (χ2v) is 13.6. The molecule has 1 aromatic rings. The summed E-state index contributed by atoms with van der Waals surface area (Å²) in [5, 5.41) is 10.7. The van der Waals surface area contributed by atoms with Crippen molar-refractivity contribution in [2.24, 2.45) is 17.8 Å². The first-order valence-corrected chi connectivity index (χ1v) is 16.9. The molecule has 0 aromatic heterocycles. The minimum absolute atomic E-state index is 0.0713. The van der Waals surface area contributed by atoms with Crippen LogP contribution in [0.4, 0.5) is 0 Å². The summed E-state index contributed by atoms with van der Waals surface area (Å²) < 4.78 is 12.4. The molecule has 4 heterocycles. The molecule has 0 saturated carbocycles. The number of amides is 3. The summed E-state index contributed by atoms with van der Waals surface area (Å²) in [6.07, 6.45) is 5.17. The largest absolute Gasteiger partial charge is 0.394 e. The predicted octanol–water partition coefficient (Wildman–Crippen LogP) is 2.72. The highest BCUT2D eigenvalue weighted by Crippen LogP contribution is 2.64. The van der Waals surface area contributed by atoms with Crippen LogP contribution in [0.1, 0.15) is 45.6 Å². The van der Waals surface area contributed by atoms with Crippen LogP contribution in [0.3, 0.4) is 0 Å². The van der Waals surface area contributed by atoms with Gasteiger partial charge in [-0.2, -0.15) is 0 Å². The van der Waals surface area contributed by atoms with Gasteiger partial charge in [0.1, 0.15) is 11.6 Å². The molecule has 10 nitrogen and oxygen atoms in total. The molecule has 5 rings (SSSR count). The number of benzene rings is 1. The molecular weight excluding hydrogens is 584 g/mol. The lowest BCUT2D eigenvalue weighted by molar-refractivity contribution is -0.157. The zero-order chi connectivity index (χ0) is 33.1. The predicted molar refractivity (Wildman–Crippen MR) is 175 cm³/mol. The van der Waals surface area contributed by atoms with E-state index in [1.165, 1.54) is 0 Å². The zero-order valence-electron chi connectivity index (χ0n) is 27.8. The number of hydrogen-bond acceptors (Lipinski definition) is 7. The van der Waals surface area contributed by atoms with E-state index in [4.69, 9.17) is 9.47 Å². The van der Waals surface area contributed by atoms with Crippen molar-refractivity contribution >= 4 is 17.7 Å². The van der Waals surface area contributed by atoms with Crippen LogP contribution in [0.15, 0.2) is 55.6 Å². The number of aliphatic hydroxyl groups excluding tert-OH is 1. The third kappa shape index (κ3) is 6.17. The van der Waals surface area contributed by atoms with E-state index in [1.807, 2.05) is 51.1 Å². The van der Waals surface area contributed by atoms with E-state index in [1.54, 1.807) is 26.9 Å². The quantitative estimate of drug-likeness (QED) is 0.296. The SMILES string of the molecule is C=CCN(CCN1CCOCC1)C(=O)C1N([C@@H](CO)[C@@H](C)CC)C(=O)[C@@H]2[C@H](C(=O)N(CC=C)Cc3ccccc3)[C@]3(C)CCC12O3. The lowest BCUT2D eigenvalue weighted by Crippen LogP contribution is -2.60. The summed E-state index contributed by atoms with van der Waals surface area (Å²) in [5.74, 6) is -2.33. The van der Waals surface area contributed by atoms with Crippen molar-refractivity contribution in [3.05, 3.63) is 61.2 Å². The Bertz CT molecular complexity index is 1270. The maximum absolute atomic E-state index is 14.8. The van der Waals surface area contributed by atoms with E-state index >= 15 is 0 Å². The third-order valence-corrected chi connectivity index (χ3v) is 10.9. The molecule has 0 radical (unpaired) electrons. The van der Waals surface area contributed by atoms with Crippen LogP contribution in [0.25, 0.3) is 0 Å². The van der Waals surface area contributed by atoms with Crippen molar-refractivity contribution in [1.82, 2.24) is 19.6 Å². The van der Waals surface area contributed by atoms with Gasteiger partial charge < -0.3 is 29.3 Å². The molecular formula is C36H52N4O6. The van der Waals surface area contributed by atoms with E-state index < -0.39 is 35.1 Å². The van der Waals surface area contributed by atoms with Crippen molar-refractivity contribution in [2.75, 3.05) is 59.1 Å². The van der Waals surface area contributed by atoms with Gasteiger partial charge >= 0.3 is 0 Å². The van der Waals surface area contributed by atoms with Crippen LogP contribution in [0.5, 0.6) is 0 Å². The fourth-order valence-corrected chi connectivity index (χ4v) is 8.29. The summed E-state index contributed by atoms with van der Waals surface area (Å²) in [7, 11) is 0. The van der Waals surface area contributed by atoms with Gasteiger partial charge in [-0.1, -0.05) is 62.8 Å². The lowest BCUT2D eigenvalue weighted by Gasteiger charge is -2.41. The summed E-state index contributed by atoms with van der Waals surface area (Å²) in [4.78, 5) is 51.7. The van der Waals surface area contributed by atoms with Crippen LogP contribution in [0.2, 0.25) is 0 Å². The number of aliphatic hydroxyl groups is 1. The molecule has 7 atom stereocenters. The van der Waals surface area contributed by atoms with Crippen LogP contribution in [-0.4, -0.2) is 125 Å². The Balaban J connectivity index is 1.53. The highest BCUT2D eigenvalue weighted by atomic mass is 16.5. The number of fused-ring (bicyclic) bond motifs is 1. The molecule has 4 saturated heterocycles. The molecule has 4 aliphatic rings. The van der Waals surface area contributed by atoms with Crippen LogP contribution in [0, 0.1) is 17.8 Å². The van der Waals surface area contributed by atoms with Gasteiger partial charge in [-0.05, 0) is 31.2 Å². The number of nitrogens with zero attached hydrogens (tertiary/aromatic N) is 4. The third-order valence-electron chi connectivity index (χ3n) is 10.9. The first kappa shape index (κ1) is 34.3. The number of rotatable bonds is 15. The van der Waals surface area contributed by atoms with E-state index in [2.05, 4.69) is 18.1 Å². The molecule has 1 aromatic carbocycles. The van der Waals surface area contributed by atoms with Crippen molar-refractivity contribution < 1.29 is 29.0 Å². The Kier molecular flexibility index (Phi) is 10.7. The molecule has 46 heavy (non-hydrogen) atoms. The lowest BCUT2D eigenvalue weighted by atomic mass is 9.66. The minimum Gasteiger partial charge on any atom is -0.394 e. The van der Waals surface area contributed by atoms with Crippen molar-refractivity contribution in [2.45, 2.75) is 69.9 Å². The van der Waals surface area contributed by atoms with Gasteiger partial charge in [-0.25, -0.2) is 0 Å². The van der Waals surface area contributed by atoms with Gasteiger partial charge in [-0.3, -0.25) is 19.3 Å². The Morgan fingerprint density at radius 2 is 1.76 bits per heavy atom. The number of carbonyl (C=O) groups excluding carboxylic acids is 3. The highest BCUT2D eigenvalue weighted by molar-refractivity contribution is 5.99. The number of likely N-dealkylation sites (tertiary alicyclic amines) is 1. The van der Waals surface area contributed by atoms with Crippen molar-refractivity contribution in [3.8, 4) is 0 Å². The molecule has 0 aliphatic carbocycles. The fourth-order valence-electron chi connectivity index (χ4n) is 8.29. The zero-order valence-corrected chi connectivity index (χ0v) is 27.8. The van der Waals surface area contributed by atoms with Crippen LogP contribution < -0.4 is 0 Å². The molecule has 2 bridgehead atoms. The molecule has 1 spiro atoms. The molecule has 10 heteroatoms. The average molecular weight is 637 g/mol. The first-order valence-electron chi connectivity index (χ1n) is 16.9. The molecule has 252 valence electrons. The standard InChI is InChI=1S/C36H52N4O6/c1-6-16-38(19-18-37-20-22-45-23-21-37)34(44)31-36-15-14-35(5,46-36)29(30(36)33(43)40(31)28(25-41)26(4)8-3)32(42)39(17-7-2)24-27-12-10-9-11-13-27/h6-7,9-13,26,28-31,41H,1-2,8,14-25H2,3-5H3/t26-,28-,29+,30-,31?,35-,36?/m0/s1. The highest BCUT2D eigenvalue weighted by Gasteiger charge is 2.79. The topological polar surface area (TPSA) is 103 Å².